The largest absolute Gasteiger partial charge is 0.325 e. The fraction of sp³-hybridized carbons (Fsp3) is 0.222. The number of rotatable bonds is 4. The number of carbonyl (C=O) groups is 3. The second kappa shape index (κ2) is 8.33. The number of fused-ring (bicyclic) bond motifs is 2. The van der Waals surface area contributed by atoms with Crippen LogP contribution in [0.3, 0.4) is 0 Å². The van der Waals surface area contributed by atoms with Crippen molar-refractivity contribution in [1.29, 1.82) is 0 Å². The number of benzene rings is 3. The SMILES string of the molecule is Cc1ccc(NC(=O)CN2C(=O)[C@@]3(SCC(=O)N3c3cc(C)cc(C)c3)c3ccccc32)cc1. The Labute approximate surface area is 202 Å². The molecular formula is C27H25N3O3S. The Morgan fingerprint density at radius 1 is 0.941 bits per heavy atom. The molecule has 5 rings (SSSR count). The standard InChI is InChI=1S/C27H25N3O3S/c1-17-8-10-20(11-9-17)28-24(31)15-29-23-7-5-4-6-22(23)27(26(29)33)30(25(32)16-34-27)21-13-18(2)12-19(3)14-21/h4-14H,15-16H2,1-3H3,(H,28,31)/t27-/m0/s1. The summed E-state index contributed by atoms with van der Waals surface area (Å²) in [7, 11) is 0. The Balaban J connectivity index is 1.53. The molecule has 3 aromatic carbocycles. The van der Waals surface area contributed by atoms with Crippen LogP contribution in [0.15, 0.2) is 66.7 Å². The lowest BCUT2D eigenvalue weighted by molar-refractivity contribution is -0.124. The maximum Gasteiger partial charge on any atom is 0.269 e. The Morgan fingerprint density at radius 2 is 1.62 bits per heavy atom. The van der Waals surface area contributed by atoms with E-state index in [2.05, 4.69) is 5.32 Å². The molecule has 0 aromatic heterocycles. The molecule has 2 heterocycles. The molecule has 1 atom stereocenters. The minimum atomic E-state index is -1.22. The van der Waals surface area contributed by atoms with E-state index in [1.165, 1.54) is 16.7 Å². The number of nitrogens with one attached hydrogen (secondary N) is 1. The molecule has 34 heavy (non-hydrogen) atoms. The summed E-state index contributed by atoms with van der Waals surface area (Å²) < 4.78 is 0. The van der Waals surface area contributed by atoms with Gasteiger partial charge in [0.05, 0.1) is 11.4 Å². The van der Waals surface area contributed by atoms with Crippen molar-refractivity contribution in [2.24, 2.45) is 0 Å². The number of para-hydroxylation sites is 1. The van der Waals surface area contributed by atoms with Gasteiger partial charge in [-0.05, 0) is 62.2 Å². The highest BCUT2D eigenvalue weighted by atomic mass is 32.2. The first-order chi connectivity index (χ1) is 16.3. The molecule has 6 nitrogen and oxygen atoms in total. The third-order valence-electron chi connectivity index (χ3n) is 6.17. The van der Waals surface area contributed by atoms with E-state index in [4.69, 9.17) is 0 Å². The maximum absolute atomic E-state index is 14.0. The average molecular weight is 472 g/mol. The van der Waals surface area contributed by atoms with Gasteiger partial charge in [0.1, 0.15) is 6.54 Å². The van der Waals surface area contributed by atoms with E-state index in [-0.39, 0.29) is 30.0 Å². The first kappa shape index (κ1) is 22.2. The van der Waals surface area contributed by atoms with Gasteiger partial charge in [-0.25, -0.2) is 0 Å². The van der Waals surface area contributed by atoms with Crippen LogP contribution in [0.1, 0.15) is 22.3 Å². The van der Waals surface area contributed by atoms with Crippen molar-refractivity contribution in [1.82, 2.24) is 0 Å². The van der Waals surface area contributed by atoms with Crippen LogP contribution in [-0.2, 0) is 19.3 Å². The molecule has 0 aliphatic carbocycles. The highest BCUT2D eigenvalue weighted by Crippen LogP contribution is 2.55. The summed E-state index contributed by atoms with van der Waals surface area (Å²) in [5, 5.41) is 2.87. The van der Waals surface area contributed by atoms with Gasteiger partial charge in [0.15, 0.2) is 0 Å². The maximum atomic E-state index is 14.0. The van der Waals surface area contributed by atoms with E-state index in [0.29, 0.717) is 17.1 Å². The third-order valence-corrected chi connectivity index (χ3v) is 7.55. The summed E-state index contributed by atoms with van der Waals surface area (Å²) in [5.41, 5.74) is 5.89. The number of anilines is 3. The molecule has 172 valence electrons. The Morgan fingerprint density at radius 3 is 2.32 bits per heavy atom. The number of hydrogen-bond acceptors (Lipinski definition) is 4. The molecule has 3 amide bonds. The zero-order valence-corrected chi connectivity index (χ0v) is 20.1. The summed E-state index contributed by atoms with van der Waals surface area (Å²) in [4.78, 5) is 42.0. The molecule has 0 bridgehead atoms. The van der Waals surface area contributed by atoms with Crippen LogP contribution in [0.2, 0.25) is 0 Å². The molecule has 3 aromatic rings. The molecule has 2 aliphatic heterocycles. The van der Waals surface area contributed by atoms with Crippen molar-refractivity contribution < 1.29 is 14.4 Å². The molecule has 0 saturated carbocycles. The predicted molar refractivity (Wildman–Crippen MR) is 136 cm³/mol. The molecule has 0 radical (unpaired) electrons. The predicted octanol–water partition coefficient (Wildman–Crippen LogP) is 4.53. The first-order valence-corrected chi connectivity index (χ1v) is 12.1. The number of nitrogens with zero attached hydrogens (tertiary/aromatic N) is 2. The van der Waals surface area contributed by atoms with Gasteiger partial charge in [0, 0.05) is 16.9 Å². The summed E-state index contributed by atoms with van der Waals surface area (Å²) in [6.45, 7) is 5.79. The molecule has 1 N–H and O–H groups in total. The zero-order valence-electron chi connectivity index (χ0n) is 19.3. The molecule has 1 spiro atoms. The van der Waals surface area contributed by atoms with E-state index in [9.17, 15) is 14.4 Å². The van der Waals surface area contributed by atoms with Crippen LogP contribution in [0, 0.1) is 20.8 Å². The molecule has 0 unspecified atom stereocenters. The molecular weight excluding hydrogens is 446 g/mol. The number of carbonyl (C=O) groups excluding carboxylic acids is 3. The van der Waals surface area contributed by atoms with Gasteiger partial charge in [0.25, 0.3) is 5.91 Å². The highest BCUT2D eigenvalue weighted by Gasteiger charge is 2.61. The lowest BCUT2D eigenvalue weighted by Crippen LogP contribution is -2.51. The molecule has 1 saturated heterocycles. The summed E-state index contributed by atoms with van der Waals surface area (Å²) >= 11 is 1.32. The molecule has 1 fully saturated rings. The summed E-state index contributed by atoms with van der Waals surface area (Å²) in [6.07, 6.45) is 0. The molecule has 2 aliphatic rings. The lowest BCUT2D eigenvalue weighted by Gasteiger charge is -2.33. The van der Waals surface area contributed by atoms with Gasteiger partial charge in [-0.15, -0.1) is 11.8 Å². The minimum absolute atomic E-state index is 0.121. The van der Waals surface area contributed by atoms with E-state index in [1.54, 1.807) is 4.90 Å². The van der Waals surface area contributed by atoms with Gasteiger partial charge in [0.2, 0.25) is 16.7 Å². The van der Waals surface area contributed by atoms with Crippen LogP contribution in [0.25, 0.3) is 0 Å². The van der Waals surface area contributed by atoms with Crippen molar-refractivity contribution in [3.05, 3.63) is 89.0 Å². The van der Waals surface area contributed by atoms with Crippen LogP contribution < -0.4 is 15.1 Å². The van der Waals surface area contributed by atoms with Crippen molar-refractivity contribution >= 4 is 46.5 Å². The van der Waals surface area contributed by atoms with Gasteiger partial charge < -0.3 is 5.32 Å². The van der Waals surface area contributed by atoms with Crippen molar-refractivity contribution in [3.63, 3.8) is 0 Å². The van der Waals surface area contributed by atoms with Gasteiger partial charge in [-0.2, -0.15) is 0 Å². The first-order valence-electron chi connectivity index (χ1n) is 11.1. The third kappa shape index (κ3) is 3.56. The highest BCUT2D eigenvalue weighted by molar-refractivity contribution is 8.02. The zero-order chi connectivity index (χ0) is 24.0. The Hall–Kier alpha value is -3.58. The number of thioether (sulfide) groups is 1. The van der Waals surface area contributed by atoms with Crippen molar-refractivity contribution in [2.75, 3.05) is 27.4 Å². The van der Waals surface area contributed by atoms with Crippen LogP contribution in [0.5, 0.6) is 0 Å². The quantitative estimate of drug-likeness (QED) is 0.607. The lowest BCUT2D eigenvalue weighted by atomic mass is 10.0. The van der Waals surface area contributed by atoms with Gasteiger partial charge in [-0.1, -0.05) is 42.0 Å². The van der Waals surface area contributed by atoms with E-state index in [0.717, 1.165) is 22.3 Å². The van der Waals surface area contributed by atoms with Gasteiger partial charge >= 0.3 is 0 Å². The molecule has 7 heteroatoms. The second-order valence-electron chi connectivity index (χ2n) is 8.83. The normalized spacial score (nSPS) is 19.1. The van der Waals surface area contributed by atoms with E-state index < -0.39 is 4.87 Å². The summed E-state index contributed by atoms with van der Waals surface area (Å²) in [6, 6.07) is 20.8. The van der Waals surface area contributed by atoms with Crippen LogP contribution in [-0.4, -0.2) is 30.0 Å². The minimum Gasteiger partial charge on any atom is -0.325 e. The Bertz CT molecular complexity index is 1300. The average Bonchev–Trinajstić information content (AvgIpc) is 3.26. The number of amides is 3. The summed E-state index contributed by atoms with van der Waals surface area (Å²) in [5.74, 6) is -0.501. The van der Waals surface area contributed by atoms with E-state index in [1.807, 2.05) is 87.5 Å². The van der Waals surface area contributed by atoms with Crippen molar-refractivity contribution in [3.8, 4) is 0 Å². The fourth-order valence-electron chi connectivity index (χ4n) is 4.77. The number of hydrogen-bond donors (Lipinski definition) is 1. The van der Waals surface area contributed by atoms with Crippen LogP contribution >= 0.6 is 11.8 Å². The van der Waals surface area contributed by atoms with Crippen LogP contribution in [0.4, 0.5) is 17.1 Å². The fourth-order valence-corrected chi connectivity index (χ4v) is 6.13. The van der Waals surface area contributed by atoms with E-state index >= 15 is 0 Å². The second-order valence-corrected chi connectivity index (χ2v) is 10.00. The monoisotopic (exact) mass is 471 g/mol. The van der Waals surface area contributed by atoms with Gasteiger partial charge in [-0.3, -0.25) is 24.2 Å². The van der Waals surface area contributed by atoms with Crippen molar-refractivity contribution in [2.45, 2.75) is 25.6 Å². The topological polar surface area (TPSA) is 69.7 Å². The Kier molecular flexibility index (Phi) is 5.44. The number of aryl methyl sites for hydroxylation is 3. The smallest absolute Gasteiger partial charge is 0.269 e.